The van der Waals surface area contributed by atoms with Crippen LogP contribution in [0.15, 0.2) is 54.6 Å². The summed E-state index contributed by atoms with van der Waals surface area (Å²) in [6, 6.07) is 17.0. The highest BCUT2D eigenvalue weighted by molar-refractivity contribution is 5.75. The Kier molecular flexibility index (Phi) is 10.1. The van der Waals surface area contributed by atoms with Gasteiger partial charge in [-0.3, -0.25) is 9.63 Å². The van der Waals surface area contributed by atoms with E-state index >= 15 is 0 Å². The van der Waals surface area contributed by atoms with E-state index in [0.717, 1.165) is 16.9 Å². The molecule has 1 unspecified atom stereocenters. The maximum absolute atomic E-state index is 12.6. The molecule has 0 saturated heterocycles. The van der Waals surface area contributed by atoms with Crippen LogP contribution >= 0.6 is 0 Å². The Morgan fingerprint density at radius 3 is 2.24 bits per heavy atom. The number of rotatable bonds is 8. The van der Waals surface area contributed by atoms with Gasteiger partial charge in [0.25, 0.3) is 0 Å². The maximum Gasteiger partial charge on any atom is 0.326 e. The molecule has 0 aliphatic rings. The van der Waals surface area contributed by atoms with Crippen molar-refractivity contribution >= 4 is 12.8 Å². The van der Waals surface area contributed by atoms with Gasteiger partial charge in [0.15, 0.2) is 0 Å². The molecule has 2 rings (SSSR count). The molecule has 0 aliphatic carbocycles. The van der Waals surface area contributed by atoms with E-state index in [2.05, 4.69) is 0 Å². The van der Waals surface area contributed by atoms with Crippen molar-refractivity contribution in [3.8, 4) is 5.75 Å². The summed E-state index contributed by atoms with van der Waals surface area (Å²) in [6.07, 6.45) is 0. The Hall–Kier alpha value is -2.70. The van der Waals surface area contributed by atoms with Gasteiger partial charge in [-0.25, -0.2) is 0 Å². The summed E-state index contributed by atoms with van der Waals surface area (Å²) in [6.45, 7) is 10.2. The highest BCUT2D eigenvalue weighted by Gasteiger charge is 2.28. The van der Waals surface area contributed by atoms with Crippen LogP contribution in [0, 0.1) is 0 Å². The minimum Gasteiger partial charge on any atom is -0.497 e. The van der Waals surface area contributed by atoms with Crippen LogP contribution < -0.4 is 4.74 Å². The molecule has 29 heavy (non-hydrogen) atoms. The zero-order chi connectivity index (χ0) is 21.9. The van der Waals surface area contributed by atoms with Crippen LogP contribution in [0.4, 0.5) is 0 Å². The van der Waals surface area contributed by atoms with Crippen LogP contribution in [0.2, 0.25) is 0 Å². The third-order valence-corrected chi connectivity index (χ3v) is 3.89. The van der Waals surface area contributed by atoms with Crippen molar-refractivity contribution in [1.29, 1.82) is 0 Å². The highest BCUT2D eigenvalue weighted by atomic mass is 16.7. The number of hydrogen-bond donors (Lipinski definition) is 0. The van der Waals surface area contributed by atoms with E-state index in [0.29, 0.717) is 13.2 Å². The molecule has 6 nitrogen and oxygen atoms in total. The van der Waals surface area contributed by atoms with Crippen molar-refractivity contribution in [2.75, 3.05) is 7.11 Å². The van der Waals surface area contributed by atoms with Crippen molar-refractivity contribution in [2.45, 2.75) is 52.5 Å². The van der Waals surface area contributed by atoms with Crippen LogP contribution in [-0.2, 0) is 32.3 Å². The average molecular weight is 402 g/mol. The topological polar surface area (TPSA) is 65.1 Å². The standard InChI is InChI=1S/C22H29NO4.CH2O/c1-17(21(24)27-22(2,3)4)23(26-16-18-10-7-6-8-11-18)15-19-12-9-13-20(14-19)25-5;1-2/h6-14,17H,15-16H2,1-5H3;1H2. The van der Waals surface area contributed by atoms with E-state index in [1.807, 2.05) is 82.2 Å². The maximum atomic E-state index is 12.6. The van der Waals surface area contributed by atoms with Gasteiger partial charge < -0.3 is 14.3 Å². The summed E-state index contributed by atoms with van der Waals surface area (Å²) in [5, 5.41) is 1.66. The smallest absolute Gasteiger partial charge is 0.326 e. The number of hydrogen-bond acceptors (Lipinski definition) is 6. The van der Waals surface area contributed by atoms with E-state index < -0.39 is 11.6 Å². The summed E-state index contributed by atoms with van der Waals surface area (Å²) < 4.78 is 10.8. The van der Waals surface area contributed by atoms with Gasteiger partial charge >= 0.3 is 5.97 Å². The van der Waals surface area contributed by atoms with Crippen molar-refractivity contribution in [2.24, 2.45) is 0 Å². The van der Waals surface area contributed by atoms with Gasteiger partial charge in [-0.15, -0.1) is 0 Å². The Bertz CT molecular complexity index is 742. The van der Waals surface area contributed by atoms with E-state index in [4.69, 9.17) is 19.1 Å². The molecule has 2 aromatic carbocycles. The van der Waals surface area contributed by atoms with E-state index in [-0.39, 0.29) is 5.97 Å². The van der Waals surface area contributed by atoms with Gasteiger partial charge in [0.1, 0.15) is 24.2 Å². The highest BCUT2D eigenvalue weighted by Crippen LogP contribution is 2.19. The lowest BCUT2D eigenvalue weighted by atomic mass is 10.1. The number of benzene rings is 2. The minimum atomic E-state index is -0.556. The lowest BCUT2D eigenvalue weighted by molar-refractivity contribution is -0.216. The fourth-order valence-corrected chi connectivity index (χ4v) is 2.48. The second-order valence-corrected chi connectivity index (χ2v) is 7.40. The normalized spacial score (nSPS) is 11.9. The molecular weight excluding hydrogens is 370 g/mol. The second kappa shape index (κ2) is 12.0. The molecule has 0 amide bonds. The number of carbonyl (C=O) groups excluding carboxylic acids is 2. The molecule has 0 fully saturated rings. The van der Waals surface area contributed by atoms with Crippen molar-refractivity contribution in [3.05, 3.63) is 65.7 Å². The fraction of sp³-hybridized carbons (Fsp3) is 0.391. The first-order valence-corrected chi connectivity index (χ1v) is 9.36. The number of methoxy groups -OCH3 is 1. The summed E-state index contributed by atoms with van der Waals surface area (Å²) in [5.74, 6) is 0.443. The van der Waals surface area contributed by atoms with Gasteiger partial charge in [-0.2, -0.15) is 5.06 Å². The first-order chi connectivity index (χ1) is 13.8. The van der Waals surface area contributed by atoms with Gasteiger partial charge in [0.2, 0.25) is 0 Å². The number of carbonyl (C=O) groups is 2. The molecule has 0 spiro atoms. The monoisotopic (exact) mass is 401 g/mol. The van der Waals surface area contributed by atoms with Crippen LogP contribution in [0.25, 0.3) is 0 Å². The predicted octanol–water partition coefficient (Wildman–Crippen LogP) is 4.17. The Labute approximate surface area is 173 Å². The summed E-state index contributed by atoms with van der Waals surface area (Å²) in [4.78, 5) is 26.6. The lowest BCUT2D eigenvalue weighted by Crippen LogP contribution is -2.42. The average Bonchev–Trinajstić information content (AvgIpc) is 2.71. The predicted molar refractivity (Wildman–Crippen MR) is 112 cm³/mol. The van der Waals surface area contributed by atoms with Gasteiger partial charge in [0, 0.05) is 0 Å². The zero-order valence-electron chi connectivity index (χ0n) is 17.9. The van der Waals surface area contributed by atoms with Gasteiger partial charge in [0.05, 0.1) is 20.3 Å². The van der Waals surface area contributed by atoms with Gasteiger partial charge in [-0.05, 0) is 51.0 Å². The number of esters is 1. The molecule has 0 saturated carbocycles. The molecule has 0 bridgehead atoms. The van der Waals surface area contributed by atoms with E-state index in [1.54, 1.807) is 19.1 Å². The first-order valence-electron chi connectivity index (χ1n) is 9.36. The molecule has 0 radical (unpaired) electrons. The first kappa shape index (κ1) is 24.3. The van der Waals surface area contributed by atoms with Crippen molar-refractivity contribution in [1.82, 2.24) is 5.06 Å². The lowest BCUT2D eigenvalue weighted by Gasteiger charge is -2.29. The number of nitrogens with zero attached hydrogens (tertiary/aromatic N) is 1. The summed E-state index contributed by atoms with van der Waals surface area (Å²) >= 11 is 0. The SMILES string of the molecule is C=O.COc1cccc(CN(OCc2ccccc2)C(C)C(=O)OC(C)(C)C)c1. The molecule has 0 N–H and O–H groups in total. The molecular formula is C23H31NO5. The Balaban J connectivity index is 0.00000204. The van der Waals surface area contributed by atoms with Crippen LogP contribution in [0.5, 0.6) is 5.75 Å². The Morgan fingerprint density at radius 1 is 1.03 bits per heavy atom. The summed E-state index contributed by atoms with van der Waals surface area (Å²) in [7, 11) is 1.63. The van der Waals surface area contributed by atoms with E-state index in [9.17, 15) is 4.79 Å². The van der Waals surface area contributed by atoms with Crippen LogP contribution in [0.3, 0.4) is 0 Å². The molecule has 6 heteroatoms. The Morgan fingerprint density at radius 2 is 1.66 bits per heavy atom. The fourth-order valence-electron chi connectivity index (χ4n) is 2.48. The van der Waals surface area contributed by atoms with Crippen molar-refractivity contribution < 1.29 is 23.9 Å². The molecule has 0 heterocycles. The largest absolute Gasteiger partial charge is 0.497 e. The zero-order valence-corrected chi connectivity index (χ0v) is 17.9. The molecule has 0 aliphatic heterocycles. The van der Waals surface area contributed by atoms with Gasteiger partial charge in [-0.1, -0.05) is 42.5 Å². The second-order valence-electron chi connectivity index (χ2n) is 7.40. The number of hydroxylamine groups is 2. The quantitative estimate of drug-likeness (QED) is 0.488. The molecule has 1 atom stereocenters. The van der Waals surface area contributed by atoms with Crippen LogP contribution in [0.1, 0.15) is 38.8 Å². The van der Waals surface area contributed by atoms with Crippen LogP contribution in [-0.4, -0.2) is 36.6 Å². The number of ether oxygens (including phenoxy) is 2. The third-order valence-electron chi connectivity index (χ3n) is 3.89. The van der Waals surface area contributed by atoms with E-state index in [1.165, 1.54) is 0 Å². The van der Waals surface area contributed by atoms with Crippen molar-refractivity contribution in [3.63, 3.8) is 0 Å². The minimum absolute atomic E-state index is 0.321. The molecule has 2 aromatic rings. The summed E-state index contributed by atoms with van der Waals surface area (Å²) in [5.41, 5.74) is 1.47. The molecule has 0 aromatic heterocycles. The third kappa shape index (κ3) is 8.89. The molecule has 158 valence electrons.